The van der Waals surface area contributed by atoms with Crippen LogP contribution >= 0.6 is 0 Å². The maximum atomic E-state index is 12.3. The third-order valence-corrected chi connectivity index (χ3v) is 5.69. The van der Waals surface area contributed by atoms with E-state index in [1.807, 2.05) is 25.5 Å². The molecule has 9 heteroatoms. The molecule has 3 heterocycles. The Balaban J connectivity index is 1.73. The zero-order valence-electron chi connectivity index (χ0n) is 20.1. The molecule has 9 nitrogen and oxygen atoms in total. The highest BCUT2D eigenvalue weighted by atomic mass is 16.1. The van der Waals surface area contributed by atoms with Crippen molar-refractivity contribution >= 4 is 28.4 Å². The van der Waals surface area contributed by atoms with Crippen LogP contribution in [0.5, 0.6) is 0 Å². The lowest BCUT2D eigenvalue weighted by Gasteiger charge is -2.24. The van der Waals surface area contributed by atoms with Gasteiger partial charge >= 0.3 is 0 Å². The van der Waals surface area contributed by atoms with Crippen LogP contribution in [0, 0.1) is 12.3 Å². The number of terminal acetylenes is 1. The summed E-state index contributed by atoms with van der Waals surface area (Å²) in [6.07, 6.45) is 11.1. The molecule has 0 bridgehead atoms. The van der Waals surface area contributed by atoms with Gasteiger partial charge in [-0.3, -0.25) is 14.0 Å². The number of anilines is 3. The molecule has 4 rings (SSSR count). The molecule has 0 amide bonds. The van der Waals surface area contributed by atoms with E-state index in [0.29, 0.717) is 22.5 Å². The fourth-order valence-corrected chi connectivity index (χ4v) is 3.74. The van der Waals surface area contributed by atoms with Crippen LogP contribution in [-0.4, -0.2) is 63.4 Å². The summed E-state index contributed by atoms with van der Waals surface area (Å²) in [6, 6.07) is 7.55. The Hall–Kier alpha value is -4.16. The van der Waals surface area contributed by atoms with Crippen molar-refractivity contribution in [1.82, 2.24) is 29.2 Å². The Morgan fingerprint density at radius 1 is 1.12 bits per heavy atom. The van der Waals surface area contributed by atoms with Crippen LogP contribution in [0.1, 0.15) is 5.56 Å². The van der Waals surface area contributed by atoms with E-state index in [1.165, 1.54) is 10.6 Å². The Bertz CT molecular complexity index is 1440. The molecule has 0 spiro atoms. The number of likely N-dealkylation sites (N-methyl/N-ethyl adjacent to an activating group) is 2. The van der Waals surface area contributed by atoms with Crippen LogP contribution in [-0.2, 0) is 14.1 Å². The van der Waals surface area contributed by atoms with Gasteiger partial charge < -0.3 is 15.1 Å². The van der Waals surface area contributed by atoms with Crippen LogP contribution in [0.4, 0.5) is 17.3 Å². The van der Waals surface area contributed by atoms with Crippen molar-refractivity contribution in [2.75, 3.05) is 44.4 Å². The van der Waals surface area contributed by atoms with Crippen LogP contribution in [0.2, 0.25) is 0 Å². The molecule has 0 aliphatic rings. The number of fused-ring (bicyclic) bond motifs is 1. The summed E-state index contributed by atoms with van der Waals surface area (Å²) in [4.78, 5) is 25.6. The molecule has 0 atom stereocenters. The first-order valence-electron chi connectivity index (χ1n) is 10.9. The molecular weight excluding hydrogens is 428 g/mol. The minimum absolute atomic E-state index is 0.214. The molecule has 0 radical (unpaired) electrons. The largest absolute Gasteiger partial charge is 0.373 e. The number of aryl methyl sites for hydroxylation is 2. The number of nitrogens with zero attached hydrogens (tertiary/aromatic N) is 7. The highest BCUT2D eigenvalue weighted by Gasteiger charge is 2.14. The number of hydrogen-bond acceptors (Lipinski definition) is 7. The lowest BCUT2D eigenvalue weighted by molar-refractivity contribution is 0.416. The number of rotatable bonds is 7. The van der Waals surface area contributed by atoms with Gasteiger partial charge in [0.25, 0.3) is 5.56 Å². The van der Waals surface area contributed by atoms with E-state index in [-0.39, 0.29) is 5.56 Å². The fraction of sp³-hybridized carbons (Fsp3) is 0.280. The van der Waals surface area contributed by atoms with E-state index in [9.17, 15) is 4.79 Å². The summed E-state index contributed by atoms with van der Waals surface area (Å²) >= 11 is 0. The van der Waals surface area contributed by atoms with E-state index in [4.69, 9.17) is 6.42 Å². The van der Waals surface area contributed by atoms with Crippen molar-refractivity contribution in [3.05, 3.63) is 58.8 Å². The molecule has 34 heavy (non-hydrogen) atoms. The Morgan fingerprint density at radius 2 is 1.91 bits per heavy atom. The zero-order valence-corrected chi connectivity index (χ0v) is 20.1. The topological polar surface area (TPSA) is 84.1 Å². The van der Waals surface area contributed by atoms with Gasteiger partial charge in [0.15, 0.2) is 0 Å². The molecule has 1 aromatic carbocycles. The molecule has 4 aromatic rings. The molecular formula is C25H28N8O. The van der Waals surface area contributed by atoms with Crippen molar-refractivity contribution in [3.63, 3.8) is 0 Å². The Kier molecular flexibility index (Phi) is 6.34. The molecule has 0 saturated carbocycles. The summed E-state index contributed by atoms with van der Waals surface area (Å²) in [5, 5.41) is 8.27. The highest BCUT2D eigenvalue weighted by Crippen LogP contribution is 2.33. The highest BCUT2D eigenvalue weighted by molar-refractivity contribution is 5.84. The van der Waals surface area contributed by atoms with E-state index in [1.54, 1.807) is 17.9 Å². The van der Waals surface area contributed by atoms with E-state index < -0.39 is 0 Å². The summed E-state index contributed by atoms with van der Waals surface area (Å²) in [7, 11) is 9.78. The molecule has 0 aliphatic carbocycles. The minimum Gasteiger partial charge on any atom is -0.373 e. The second-order valence-corrected chi connectivity index (χ2v) is 8.51. The number of aromatic nitrogens is 5. The quantitative estimate of drug-likeness (QED) is 0.428. The lowest BCUT2D eigenvalue weighted by Crippen LogP contribution is -2.28. The van der Waals surface area contributed by atoms with Gasteiger partial charge in [0.2, 0.25) is 5.95 Å². The van der Waals surface area contributed by atoms with Gasteiger partial charge in [-0.05, 0) is 32.3 Å². The molecule has 0 aliphatic heterocycles. The Morgan fingerprint density at radius 3 is 2.59 bits per heavy atom. The smallest absolute Gasteiger partial charge is 0.253 e. The van der Waals surface area contributed by atoms with Gasteiger partial charge in [-0.25, -0.2) is 4.98 Å². The number of nitrogens with one attached hydrogen (secondary N) is 1. The second kappa shape index (κ2) is 9.37. The zero-order chi connectivity index (χ0) is 24.4. The van der Waals surface area contributed by atoms with Crippen molar-refractivity contribution in [2.45, 2.75) is 0 Å². The summed E-state index contributed by atoms with van der Waals surface area (Å²) in [5.41, 5.74) is 4.72. The summed E-state index contributed by atoms with van der Waals surface area (Å²) in [6.45, 7) is 1.82. The van der Waals surface area contributed by atoms with Gasteiger partial charge in [0, 0.05) is 80.8 Å². The average molecular weight is 457 g/mol. The average Bonchev–Trinajstić information content (AvgIpc) is 3.26. The van der Waals surface area contributed by atoms with Crippen LogP contribution < -0.4 is 15.8 Å². The van der Waals surface area contributed by atoms with Gasteiger partial charge in [0.05, 0.1) is 11.6 Å². The first-order valence-corrected chi connectivity index (χ1v) is 10.9. The van der Waals surface area contributed by atoms with Crippen LogP contribution in [0.25, 0.3) is 22.2 Å². The molecule has 1 N–H and O–H groups in total. The molecule has 3 aromatic heterocycles. The van der Waals surface area contributed by atoms with Crippen LogP contribution in [0.15, 0.2) is 47.7 Å². The molecule has 174 valence electrons. The van der Waals surface area contributed by atoms with Crippen molar-refractivity contribution in [2.24, 2.45) is 14.1 Å². The lowest BCUT2D eigenvalue weighted by atomic mass is 10.1. The predicted molar refractivity (Wildman–Crippen MR) is 136 cm³/mol. The Labute approximate surface area is 198 Å². The molecule has 0 fully saturated rings. The number of benzene rings is 1. The predicted octanol–water partition coefficient (Wildman–Crippen LogP) is 2.45. The number of pyridine rings is 1. The van der Waals surface area contributed by atoms with Crippen molar-refractivity contribution < 1.29 is 0 Å². The van der Waals surface area contributed by atoms with E-state index >= 15 is 0 Å². The summed E-state index contributed by atoms with van der Waals surface area (Å²) in [5.74, 6) is 2.92. The summed E-state index contributed by atoms with van der Waals surface area (Å²) < 4.78 is 3.25. The van der Waals surface area contributed by atoms with Gasteiger partial charge in [-0.2, -0.15) is 10.1 Å². The number of hydrogen-bond donors (Lipinski definition) is 1. The van der Waals surface area contributed by atoms with Crippen molar-refractivity contribution in [1.29, 1.82) is 0 Å². The van der Waals surface area contributed by atoms with Gasteiger partial charge in [-0.15, -0.1) is 6.42 Å². The maximum Gasteiger partial charge on any atom is 0.253 e. The van der Waals surface area contributed by atoms with E-state index in [2.05, 4.69) is 69.4 Å². The van der Waals surface area contributed by atoms with Crippen molar-refractivity contribution in [3.8, 4) is 23.5 Å². The normalized spacial score (nSPS) is 11.1. The van der Waals surface area contributed by atoms with Crippen LogP contribution in [0.3, 0.4) is 0 Å². The minimum atomic E-state index is -0.214. The third-order valence-electron chi connectivity index (χ3n) is 5.69. The first kappa shape index (κ1) is 23.0. The van der Waals surface area contributed by atoms with E-state index in [0.717, 1.165) is 35.6 Å². The standard InChI is InChI=1S/C25H28N8O/c1-7-17-12-23(34)33(6)24-21(17)15-26-25(29-24)28-19-8-9-22(31(4)11-10-30(2)3)20(13-19)18-14-27-32(5)16-18/h1,8-9,12-16H,10-11H2,2-6H3,(H,26,28,29). The molecule has 0 unspecified atom stereocenters. The maximum absolute atomic E-state index is 12.3. The monoisotopic (exact) mass is 456 g/mol. The SMILES string of the molecule is C#Cc1cc(=O)n(C)c2nc(Nc3ccc(N(C)CCN(C)C)c(-c4cnn(C)c4)c3)ncc12. The fourth-order valence-electron chi connectivity index (χ4n) is 3.74. The van der Waals surface area contributed by atoms with Gasteiger partial charge in [-0.1, -0.05) is 5.92 Å². The van der Waals surface area contributed by atoms with Gasteiger partial charge in [0.1, 0.15) is 5.65 Å². The molecule has 0 saturated heterocycles. The first-order chi connectivity index (χ1) is 16.3. The second-order valence-electron chi connectivity index (χ2n) is 8.51. The third kappa shape index (κ3) is 4.63.